The fourth-order valence-corrected chi connectivity index (χ4v) is 3.95. The van der Waals surface area contributed by atoms with E-state index in [1.165, 1.54) is 19.1 Å². The molecule has 2 unspecified atom stereocenters. The van der Waals surface area contributed by atoms with Crippen LogP contribution in [0.3, 0.4) is 0 Å². The van der Waals surface area contributed by atoms with Crippen molar-refractivity contribution in [2.45, 2.75) is 31.8 Å². The van der Waals surface area contributed by atoms with Crippen LogP contribution in [0.4, 0.5) is 0 Å². The molecule has 0 saturated carbocycles. The van der Waals surface area contributed by atoms with Gasteiger partial charge in [0.25, 0.3) is 5.91 Å². The monoisotopic (exact) mass is 361 g/mol. The molecule has 6 nitrogen and oxygen atoms in total. The van der Waals surface area contributed by atoms with Gasteiger partial charge in [-0.25, -0.2) is 0 Å². The van der Waals surface area contributed by atoms with E-state index < -0.39 is 0 Å². The maximum atomic E-state index is 12.6. The van der Waals surface area contributed by atoms with E-state index in [1.807, 2.05) is 0 Å². The van der Waals surface area contributed by atoms with Crippen LogP contribution >= 0.6 is 11.6 Å². The molecule has 4 heterocycles. The molecule has 5 rings (SSSR count). The Kier molecular flexibility index (Phi) is 4.39. The Hall–Kier alpha value is -2.05. The third-order valence-corrected chi connectivity index (χ3v) is 5.43. The molecule has 132 valence electrons. The molecule has 3 saturated heterocycles. The number of ether oxygens (including phenoxy) is 1. The minimum absolute atomic E-state index is 0.0451. The number of carbonyl (C=O) groups is 1. The van der Waals surface area contributed by atoms with Crippen LogP contribution in [-0.2, 0) is 0 Å². The number of amides is 1. The summed E-state index contributed by atoms with van der Waals surface area (Å²) in [4.78, 5) is 18.9. The van der Waals surface area contributed by atoms with Gasteiger partial charge in [0, 0.05) is 17.6 Å². The van der Waals surface area contributed by atoms with E-state index in [0.717, 1.165) is 13.1 Å². The molecule has 2 aromatic rings. The fourth-order valence-electron chi connectivity index (χ4n) is 3.84. The quantitative estimate of drug-likeness (QED) is 0.904. The lowest BCUT2D eigenvalue weighted by Crippen LogP contribution is -2.62. The van der Waals surface area contributed by atoms with Crippen molar-refractivity contribution in [3.8, 4) is 11.8 Å². The van der Waals surface area contributed by atoms with Gasteiger partial charge in [0.05, 0.1) is 0 Å². The lowest BCUT2D eigenvalue weighted by atomic mass is 9.79. The summed E-state index contributed by atoms with van der Waals surface area (Å²) >= 11 is 5.68. The highest BCUT2D eigenvalue weighted by Gasteiger charge is 2.40. The van der Waals surface area contributed by atoms with Crippen LogP contribution in [0.25, 0.3) is 0 Å². The molecule has 3 fully saturated rings. The number of oxazole rings is 1. The Bertz CT molecular complexity index is 751. The summed E-state index contributed by atoms with van der Waals surface area (Å²) in [6, 6.07) is 7.52. The first-order chi connectivity index (χ1) is 12.1. The zero-order valence-electron chi connectivity index (χ0n) is 13.9. The molecule has 2 bridgehead atoms. The molecule has 1 amide bonds. The van der Waals surface area contributed by atoms with E-state index >= 15 is 0 Å². The van der Waals surface area contributed by atoms with Crippen LogP contribution in [0.1, 0.15) is 30.1 Å². The van der Waals surface area contributed by atoms with Crippen molar-refractivity contribution in [3.63, 3.8) is 0 Å². The molecule has 1 aromatic carbocycles. The number of nitrogens with one attached hydrogen (secondary N) is 1. The van der Waals surface area contributed by atoms with Crippen molar-refractivity contribution >= 4 is 17.5 Å². The summed E-state index contributed by atoms with van der Waals surface area (Å²) in [6.45, 7) is 4.50. The largest absolute Gasteiger partial charge is 0.416 e. The predicted octanol–water partition coefficient (Wildman–Crippen LogP) is 3.33. The Morgan fingerprint density at radius 3 is 2.64 bits per heavy atom. The minimum Gasteiger partial charge on any atom is -0.416 e. The van der Waals surface area contributed by atoms with Gasteiger partial charge in [-0.3, -0.25) is 9.69 Å². The van der Waals surface area contributed by atoms with E-state index in [1.54, 1.807) is 24.3 Å². The van der Waals surface area contributed by atoms with Crippen molar-refractivity contribution in [1.29, 1.82) is 0 Å². The van der Waals surface area contributed by atoms with Crippen LogP contribution < -0.4 is 10.1 Å². The maximum Gasteiger partial charge on any atom is 0.400 e. The van der Waals surface area contributed by atoms with Gasteiger partial charge < -0.3 is 14.5 Å². The third kappa shape index (κ3) is 3.37. The highest BCUT2D eigenvalue weighted by molar-refractivity contribution is 6.29. The van der Waals surface area contributed by atoms with Gasteiger partial charge >= 0.3 is 6.08 Å². The highest BCUT2D eigenvalue weighted by Crippen LogP contribution is 2.32. The smallest absolute Gasteiger partial charge is 0.400 e. The third-order valence-electron chi connectivity index (χ3n) is 5.25. The Labute approximate surface area is 151 Å². The van der Waals surface area contributed by atoms with Crippen molar-refractivity contribution in [2.24, 2.45) is 5.92 Å². The molecular weight excluding hydrogens is 342 g/mol. The van der Waals surface area contributed by atoms with Crippen LogP contribution in [0.15, 0.2) is 34.9 Å². The number of halogens is 1. The lowest BCUT2D eigenvalue weighted by molar-refractivity contribution is 0.0217. The normalized spacial score (nSPS) is 27.9. The second-order valence-electron chi connectivity index (χ2n) is 6.68. The number of nitrogens with zero attached hydrogens (tertiary/aromatic N) is 2. The van der Waals surface area contributed by atoms with E-state index in [9.17, 15) is 4.79 Å². The molecular formula is C18H20ClN3O3. The predicted molar refractivity (Wildman–Crippen MR) is 93.0 cm³/mol. The number of rotatable bonds is 4. The zero-order valence-corrected chi connectivity index (χ0v) is 14.7. The summed E-state index contributed by atoms with van der Waals surface area (Å²) in [5, 5.41) is 3.45. The van der Waals surface area contributed by atoms with Gasteiger partial charge in [-0.1, -0.05) is 11.6 Å². The van der Waals surface area contributed by atoms with E-state index in [4.69, 9.17) is 20.8 Å². The Morgan fingerprint density at radius 2 is 2.04 bits per heavy atom. The van der Waals surface area contributed by atoms with Crippen molar-refractivity contribution in [1.82, 2.24) is 15.2 Å². The molecule has 0 aliphatic carbocycles. The van der Waals surface area contributed by atoms with Crippen molar-refractivity contribution in [2.75, 3.05) is 13.1 Å². The number of aromatic nitrogens is 1. The SMILES string of the molecule is CC1C(NC(=O)c2ccc(Oc3nc(Cl)co3)cc2)C2CCN1CC2. The van der Waals surface area contributed by atoms with E-state index in [0.29, 0.717) is 23.3 Å². The van der Waals surface area contributed by atoms with Crippen LogP contribution in [-0.4, -0.2) is 41.0 Å². The molecule has 1 aromatic heterocycles. The summed E-state index contributed by atoms with van der Waals surface area (Å²) in [6.07, 6.45) is 3.71. The number of carbonyl (C=O) groups excluding carboxylic acids is 1. The second-order valence-corrected chi connectivity index (χ2v) is 7.06. The lowest BCUT2D eigenvalue weighted by Gasteiger charge is -2.49. The number of benzene rings is 1. The Balaban J connectivity index is 1.40. The van der Waals surface area contributed by atoms with Gasteiger partial charge in [0.1, 0.15) is 12.0 Å². The first-order valence-electron chi connectivity index (χ1n) is 8.54. The van der Waals surface area contributed by atoms with Gasteiger partial charge in [0.15, 0.2) is 5.15 Å². The van der Waals surface area contributed by atoms with Gasteiger partial charge in [0.2, 0.25) is 0 Å². The topological polar surface area (TPSA) is 67.6 Å². The summed E-state index contributed by atoms with van der Waals surface area (Å²) in [5.41, 5.74) is 0.612. The molecule has 2 atom stereocenters. The van der Waals surface area contributed by atoms with Crippen molar-refractivity contribution in [3.05, 3.63) is 41.2 Å². The maximum absolute atomic E-state index is 12.6. The first-order valence-corrected chi connectivity index (χ1v) is 8.92. The molecule has 0 spiro atoms. The average molecular weight is 362 g/mol. The molecule has 25 heavy (non-hydrogen) atoms. The summed E-state index contributed by atoms with van der Waals surface area (Å²) in [7, 11) is 0. The second kappa shape index (κ2) is 6.69. The van der Waals surface area contributed by atoms with Gasteiger partial charge in [-0.15, -0.1) is 0 Å². The van der Waals surface area contributed by atoms with E-state index in [-0.39, 0.29) is 23.2 Å². The molecule has 3 aliphatic rings. The summed E-state index contributed by atoms with van der Waals surface area (Å²) in [5.74, 6) is 1.07. The molecule has 1 N–H and O–H groups in total. The molecule has 7 heteroatoms. The van der Waals surface area contributed by atoms with Crippen LogP contribution in [0.5, 0.6) is 11.8 Å². The average Bonchev–Trinajstić information content (AvgIpc) is 3.04. The van der Waals surface area contributed by atoms with Gasteiger partial charge in [-0.2, -0.15) is 4.98 Å². The van der Waals surface area contributed by atoms with Gasteiger partial charge in [-0.05, 0) is 63.0 Å². The van der Waals surface area contributed by atoms with Crippen LogP contribution in [0.2, 0.25) is 5.15 Å². The number of hydrogen-bond acceptors (Lipinski definition) is 5. The standard InChI is InChI=1S/C18H20ClN3O3/c1-11-16(12-6-8-22(11)9-7-12)21-17(23)13-2-4-14(5-3-13)25-18-20-15(19)10-24-18/h2-5,10-12,16H,6-9H2,1H3,(H,21,23). The number of fused-ring (bicyclic) bond motifs is 3. The minimum atomic E-state index is -0.0451. The summed E-state index contributed by atoms with van der Waals surface area (Å²) < 4.78 is 10.5. The molecule has 3 aliphatic heterocycles. The highest BCUT2D eigenvalue weighted by atomic mass is 35.5. The van der Waals surface area contributed by atoms with E-state index in [2.05, 4.69) is 22.1 Å². The molecule has 0 radical (unpaired) electrons. The van der Waals surface area contributed by atoms with Crippen LogP contribution in [0, 0.1) is 5.92 Å². The van der Waals surface area contributed by atoms with Crippen molar-refractivity contribution < 1.29 is 13.9 Å². The Morgan fingerprint density at radius 1 is 1.32 bits per heavy atom. The first kappa shape index (κ1) is 16.4. The zero-order chi connectivity index (χ0) is 17.4. The number of hydrogen-bond donors (Lipinski definition) is 1. The fraction of sp³-hybridized carbons (Fsp3) is 0.444. The number of piperidine rings is 3.